The first-order valence-electron chi connectivity index (χ1n) is 4.36. The SMILES string of the molecule is C=CC(NC(=O)c1ccccc1)C(=O)O. The number of carbonyl (C=O) groups is 2. The second kappa shape index (κ2) is 4.95. The number of carboxylic acids is 1. The van der Waals surface area contributed by atoms with Crippen LogP contribution in [0.1, 0.15) is 10.4 Å². The summed E-state index contributed by atoms with van der Waals surface area (Å²) in [5.74, 6) is -1.56. The van der Waals surface area contributed by atoms with Gasteiger partial charge >= 0.3 is 5.97 Å². The molecular formula is C11H11NO3. The summed E-state index contributed by atoms with van der Waals surface area (Å²) >= 11 is 0. The monoisotopic (exact) mass is 205 g/mol. The van der Waals surface area contributed by atoms with E-state index >= 15 is 0 Å². The van der Waals surface area contributed by atoms with Crippen LogP contribution >= 0.6 is 0 Å². The Morgan fingerprint density at radius 3 is 2.40 bits per heavy atom. The van der Waals surface area contributed by atoms with E-state index in [1.807, 2.05) is 0 Å². The first-order chi connectivity index (χ1) is 7.15. The highest BCUT2D eigenvalue weighted by molar-refractivity contribution is 5.96. The third-order valence-electron chi connectivity index (χ3n) is 1.82. The highest BCUT2D eigenvalue weighted by Gasteiger charge is 2.16. The lowest BCUT2D eigenvalue weighted by Gasteiger charge is -2.09. The highest BCUT2D eigenvalue weighted by atomic mass is 16.4. The van der Waals surface area contributed by atoms with Crippen molar-refractivity contribution in [2.45, 2.75) is 6.04 Å². The van der Waals surface area contributed by atoms with Gasteiger partial charge in [-0.2, -0.15) is 0 Å². The van der Waals surface area contributed by atoms with Crippen LogP contribution in [-0.4, -0.2) is 23.0 Å². The fourth-order valence-electron chi connectivity index (χ4n) is 1.04. The summed E-state index contributed by atoms with van der Waals surface area (Å²) in [7, 11) is 0. The van der Waals surface area contributed by atoms with E-state index in [9.17, 15) is 9.59 Å². The quantitative estimate of drug-likeness (QED) is 0.722. The fraction of sp³-hybridized carbons (Fsp3) is 0.0909. The van der Waals surface area contributed by atoms with Gasteiger partial charge in [0.2, 0.25) is 0 Å². The van der Waals surface area contributed by atoms with Crippen molar-refractivity contribution in [2.24, 2.45) is 0 Å². The van der Waals surface area contributed by atoms with Crippen molar-refractivity contribution >= 4 is 11.9 Å². The van der Waals surface area contributed by atoms with E-state index in [1.165, 1.54) is 6.08 Å². The first kappa shape index (κ1) is 11.0. The summed E-state index contributed by atoms with van der Waals surface area (Å²) < 4.78 is 0. The molecule has 0 aliphatic carbocycles. The lowest BCUT2D eigenvalue weighted by molar-refractivity contribution is -0.137. The Bertz CT molecular complexity index is 373. The van der Waals surface area contributed by atoms with Gasteiger partial charge in [0.25, 0.3) is 5.91 Å². The van der Waals surface area contributed by atoms with E-state index in [-0.39, 0.29) is 0 Å². The average Bonchev–Trinajstić information content (AvgIpc) is 2.26. The maximum atomic E-state index is 11.5. The van der Waals surface area contributed by atoms with Gasteiger partial charge in [-0.3, -0.25) is 4.79 Å². The first-order valence-corrected chi connectivity index (χ1v) is 4.36. The minimum absolute atomic E-state index is 0.422. The molecule has 15 heavy (non-hydrogen) atoms. The van der Waals surface area contributed by atoms with Gasteiger partial charge < -0.3 is 10.4 Å². The molecule has 0 saturated carbocycles. The molecule has 78 valence electrons. The molecule has 0 aromatic heterocycles. The van der Waals surface area contributed by atoms with Crippen molar-refractivity contribution in [2.75, 3.05) is 0 Å². The Balaban J connectivity index is 2.71. The van der Waals surface area contributed by atoms with Gasteiger partial charge in [0.1, 0.15) is 6.04 Å². The number of carbonyl (C=O) groups excluding carboxylic acids is 1. The van der Waals surface area contributed by atoms with Crippen LogP contribution in [0.3, 0.4) is 0 Å². The molecule has 1 aromatic rings. The molecule has 1 rings (SSSR count). The van der Waals surface area contributed by atoms with Gasteiger partial charge in [0.05, 0.1) is 0 Å². The lowest BCUT2D eigenvalue weighted by atomic mass is 10.2. The predicted molar refractivity (Wildman–Crippen MR) is 55.5 cm³/mol. The third-order valence-corrected chi connectivity index (χ3v) is 1.82. The van der Waals surface area contributed by atoms with Gasteiger partial charge in [0, 0.05) is 5.56 Å². The topological polar surface area (TPSA) is 66.4 Å². The van der Waals surface area contributed by atoms with Crippen LogP contribution in [0.15, 0.2) is 43.0 Å². The minimum atomic E-state index is -1.13. The van der Waals surface area contributed by atoms with Gasteiger partial charge in [-0.15, -0.1) is 6.58 Å². The molecule has 0 radical (unpaired) electrons. The van der Waals surface area contributed by atoms with Crippen LogP contribution in [0.4, 0.5) is 0 Å². The van der Waals surface area contributed by atoms with Crippen LogP contribution in [0.5, 0.6) is 0 Å². The molecule has 0 aliphatic heterocycles. The summed E-state index contributed by atoms with van der Waals surface area (Å²) in [5.41, 5.74) is 0.422. The number of amides is 1. The molecule has 4 nitrogen and oxygen atoms in total. The van der Waals surface area contributed by atoms with Crippen molar-refractivity contribution in [1.29, 1.82) is 0 Å². The number of rotatable bonds is 4. The van der Waals surface area contributed by atoms with E-state index in [0.29, 0.717) is 5.56 Å². The van der Waals surface area contributed by atoms with Gasteiger partial charge in [-0.1, -0.05) is 24.3 Å². The molecule has 4 heteroatoms. The summed E-state index contributed by atoms with van der Waals surface area (Å²) in [6.45, 7) is 3.33. The normalized spacial score (nSPS) is 11.5. The van der Waals surface area contributed by atoms with E-state index in [4.69, 9.17) is 5.11 Å². The second-order valence-electron chi connectivity index (χ2n) is 2.89. The molecule has 0 saturated heterocycles. The standard InChI is InChI=1S/C11H11NO3/c1-2-9(11(14)15)12-10(13)8-6-4-3-5-7-8/h2-7,9H,1H2,(H,12,13)(H,14,15). The van der Waals surface area contributed by atoms with Crippen LogP contribution in [0.2, 0.25) is 0 Å². The molecule has 0 aliphatic rings. The Hall–Kier alpha value is -2.10. The second-order valence-corrected chi connectivity index (χ2v) is 2.89. The Kier molecular flexibility index (Phi) is 3.62. The Labute approximate surface area is 87.2 Å². The Morgan fingerprint density at radius 2 is 1.93 bits per heavy atom. The zero-order valence-corrected chi connectivity index (χ0v) is 8.01. The number of hydrogen-bond acceptors (Lipinski definition) is 2. The molecule has 2 N–H and O–H groups in total. The molecule has 0 fully saturated rings. The van der Waals surface area contributed by atoms with E-state index < -0.39 is 17.9 Å². The van der Waals surface area contributed by atoms with Crippen LogP contribution < -0.4 is 5.32 Å². The van der Waals surface area contributed by atoms with Gasteiger partial charge in [0.15, 0.2) is 0 Å². The van der Waals surface area contributed by atoms with Crippen molar-refractivity contribution in [3.05, 3.63) is 48.6 Å². The van der Waals surface area contributed by atoms with Crippen LogP contribution in [-0.2, 0) is 4.79 Å². The van der Waals surface area contributed by atoms with Crippen molar-refractivity contribution < 1.29 is 14.7 Å². The molecule has 1 amide bonds. The molecule has 1 atom stereocenters. The largest absolute Gasteiger partial charge is 0.479 e. The summed E-state index contributed by atoms with van der Waals surface area (Å²) in [4.78, 5) is 22.1. The van der Waals surface area contributed by atoms with Crippen molar-refractivity contribution in [3.8, 4) is 0 Å². The van der Waals surface area contributed by atoms with Gasteiger partial charge in [-0.05, 0) is 12.1 Å². The van der Waals surface area contributed by atoms with E-state index in [0.717, 1.165) is 0 Å². The summed E-state index contributed by atoms with van der Waals surface area (Å²) in [6.07, 6.45) is 1.17. The molecule has 1 aromatic carbocycles. The number of carboxylic acid groups (broad SMARTS) is 1. The molecular weight excluding hydrogens is 194 g/mol. The number of aliphatic carboxylic acids is 1. The van der Waals surface area contributed by atoms with E-state index in [2.05, 4.69) is 11.9 Å². The minimum Gasteiger partial charge on any atom is -0.479 e. The number of benzene rings is 1. The molecule has 1 unspecified atom stereocenters. The van der Waals surface area contributed by atoms with Crippen molar-refractivity contribution in [1.82, 2.24) is 5.32 Å². The smallest absolute Gasteiger partial charge is 0.330 e. The Morgan fingerprint density at radius 1 is 1.33 bits per heavy atom. The third kappa shape index (κ3) is 2.95. The van der Waals surface area contributed by atoms with Crippen molar-refractivity contribution in [3.63, 3.8) is 0 Å². The molecule has 0 spiro atoms. The van der Waals surface area contributed by atoms with Crippen LogP contribution in [0, 0.1) is 0 Å². The zero-order chi connectivity index (χ0) is 11.3. The van der Waals surface area contributed by atoms with Crippen LogP contribution in [0.25, 0.3) is 0 Å². The van der Waals surface area contributed by atoms with E-state index in [1.54, 1.807) is 30.3 Å². The lowest BCUT2D eigenvalue weighted by Crippen LogP contribution is -2.39. The summed E-state index contributed by atoms with van der Waals surface area (Å²) in [5, 5.41) is 11.0. The fourth-order valence-corrected chi connectivity index (χ4v) is 1.04. The molecule has 0 heterocycles. The van der Waals surface area contributed by atoms with Gasteiger partial charge in [-0.25, -0.2) is 4.79 Å². The number of nitrogens with one attached hydrogen (secondary N) is 1. The zero-order valence-electron chi connectivity index (χ0n) is 8.01. The number of hydrogen-bond donors (Lipinski definition) is 2. The molecule has 0 bridgehead atoms. The maximum Gasteiger partial charge on any atom is 0.330 e. The average molecular weight is 205 g/mol. The maximum absolute atomic E-state index is 11.5. The highest BCUT2D eigenvalue weighted by Crippen LogP contribution is 1.99. The summed E-state index contributed by atoms with van der Waals surface area (Å²) in [6, 6.07) is 7.35. The predicted octanol–water partition coefficient (Wildman–Crippen LogP) is 1.06.